The number of carbonyl (C=O) groups excluding carboxylic acids is 1. The van der Waals surface area contributed by atoms with Crippen molar-refractivity contribution in [2.24, 2.45) is 0 Å². The fourth-order valence-corrected chi connectivity index (χ4v) is 2.12. The van der Waals surface area contributed by atoms with Crippen LogP contribution >= 0.6 is 0 Å². The van der Waals surface area contributed by atoms with E-state index in [1.807, 2.05) is 47.1 Å². The van der Waals surface area contributed by atoms with Gasteiger partial charge < -0.3 is 4.74 Å². The van der Waals surface area contributed by atoms with Crippen LogP contribution in [-0.2, 0) is 11.3 Å². The van der Waals surface area contributed by atoms with E-state index in [-0.39, 0.29) is 5.97 Å². The van der Waals surface area contributed by atoms with Crippen molar-refractivity contribution < 1.29 is 9.53 Å². The lowest BCUT2D eigenvalue weighted by Gasteiger charge is -2.05. The minimum atomic E-state index is -0.338. The van der Waals surface area contributed by atoms with Crippen LogP contribution in [0.3, 0.4) is 0 Å². The minimum absolute atomic E-state index is 0.338. The third-order valence-electron chi connectivity index (χ3n) is 3.10. The normalized spacial score (nSPS) is 10.7. The second-order valence-corrected chi connectivity index (χ2v) is 4.43. The van der Waals surface area contributed by atoms with Crippen LogP contribution in [0.25, 0.3) is 11.0 Å². The molecule has 1 aromatic heterocycles. The lowest BCUT2D eigenvalue weighted by molar-refractivity contribution is 0.0600. The number of nitrogens with zero attached hydrogens (tertiary/aromatic N) is 3. The molecule has 3 rings (SSSR count). The molecule has 0 N–H and O–H groups in total. The van der Waals surface area contributed by atoms with Gasteiger partial charge in [-0.05, 0) is 29.8 Å². The molecule has 1 heterocycles. The molecule has 0 radical (unpaired) electrons. The van der Waals surface area contributed by atoms with Gasteiger partial charge in [-0.3, -0.25) is 0 Å². The van der Waals surface area contributed by atoms with E-state index >= 15 is 0 Å². The highest BCUT2D eigenvalue weighted by Gasteiger charge is 2.08. The summed E-state index contributed by atoms with van der Waals surface area (Å²) in [7, 11) is 1.37. The van der Waals surface area contributed by atoms with Gasteiger partial charge in [0.05, 0.1) is 24.7 Å². The smallest absolute Gasteiger partial charge is 0.337 e. The first-order valence-corrected chi connectivity index (χ1v) is 6.23. The number of ether oxygens (including phenoxy) is 1. The number of benzene rings is 2. The first kappa shape index (κ1) is 12.3. The van der Waals surface area contributed by atoms with E-state index in [0.29, 0.717) is 12.1 Å². The molecule has 0 saturated carbocycles. The van der Waals surface area contributed by atoms with Gasteiger partial charge in [-0.25, -0.2) is 9.48 Å². The zero-order valence-electron chi connectivity index (χ0n) is 11.0. The van der Waals surface area contributed by atoms with Crippen LogP contribution in [0.4, 0.5) is 0 Å². The summed E-state index contributed by atoms with van der Waals surface area (Å²) in [6.45, 7) is 0.561. The van der Waals surface area contributed by atoms with Crippen LogP contribution < -0.4 is 0 Å². The van der Waals surface area contributed by atoms with Gasteiger partial charge >= 0.3 is 5.97 Å². The van der Waals surface area contributed by atoms with E-state index < -0.39 is 0 Å². The molecule has 0 saturated heterocycles. The molecule has 3 aromatic rings. The summed E-state index contributed by atoms with van der Waals surface area (Å²) < 4.78 is 6.53. The predicted molar refractivity (Wildman–Crippen MR) is 74.4 cm³/mol. The Morgan fingerprint density at radius 1 is 1.20 bits per heavy atom. The molecule has 2 aromatic carbocycles. The van der Waals surface area contributed by atoms with Crippen LogP contribution in [0.5, 0.6) is 0 Å². The Morgan fingerprint density at radius 2 is 2.05 bits per heavy atom. The predicted octanol–water partition coefficient (Wildman–Crippen LogP) is 2.27. The highest BCUT2D eigenvalue weighted by molar-refractivity contribution is 5.89. The molecule has 5 nitrogen and oxygen atoms in total. The van der Waals surface area contributed by atoms with E-state index in [1.54, 1.807) is 6.07 Å². The third kappa shape index (κ3) is 2.25. The van der Waals surface area contributed by atoms with Crippen LogP contribution in [0, 0.1) is 0 Å². The lowest BCUT2D eigenvalue weighted by atomic mass is 10.1. The number of esters is 1. The molecular formula is C15H13N3O2. The zero-order chi connectivity index (χ0) is 13.9. The molecule has 0 atom stereocenters. The minimum Gasteiger partial charge on any atom is -0.465 e. The molecule has 0 aliphatic heterocycles. The average Bonchev–Trinajstić information content (AvgIpc) is 2.90. The molecule has 0 unspecified atom stereocenters. The monoisotopic (exact) mass is 267 g/mol. The van der Waals surface area contributed by atoms with Crippen LogP contribution in [0.1, 0.15) is 15.9 Å². The Labute approximate surface area is 115 Å². The quantitative estimate of drug-likeness (QED) is 0.683. The SMILES string of the molecule is COC(=O)c1cccc(Cn2nnc3ccccc32)c1. The fraction of sp³-hybridized carbons (Fsp3) is 0.133. The number of fused-ring (bicyclic) bond motifs is 1. The van der Waals surface area contributed by atoms with E-state index in [4.69, 9.17) is 4.74 Å². The molecule has 5 heteroatoms. The molecular weight excluding hydrogens is 254 g/mol. The fourth-order valence-electron chi connectivity index (χ4n) is 2.12. The summed E-state index contributed by atoms with van der Waals surface area (Å²) >= 11 is 0. The molecule has 0 fully saturated rings. The van der Waals surface area contributed by atoms with Gasteiger partial charge in [0.2, 0.25) is 0 Å². The lowest BCUT2D eigenvalue weighted by Crippen LogP contribution is -2.05. The van der Waals surface area contributed by atoms with E-state index in [0.717, 1.165) is 16.6 Å². The summed E-state index contributed by atoms with van der Waals surface area (Å²) in [6.07, 6.45) is 0. The van der Waals surface area contributed by atoms with Gasteiger partial charge in [0.1, 0.15) is 5.52 Å². The Balaban J connectivity index is 1.93. The Kier molecular flexibility index (Phi) is 3.16. The highest BCUT2D eigenvalue weighted by Crippen LogP contribution is 2.13. The molecule has 100 valence electrons. The summed E-state index contributed by atoms with van der Waals surface area (Å²) in [4.78, 5) is 11.5. The number of hydrogen-bond acceptors (Lipinski definition) is 4. The number of carbonyl (C=O) groups is 1. The first-order chi connectivity index (χ1) is 9.78. The van der Waals surface area contributed by atoms with Gasteiger partial charge in [0.15, 0.2) is 0 Å². The maximum absolute atomic E-state index is 11.5. The van der Waals surface area contributed by atoms with Crippen molar-refractivity contribution in [3.05, 3.63) is 59.7 Å². The maximum atomic E-state index is 11.5. The second kappa shape index (κ2) is 5.13. The molecule has 0 aliphatic carbocycles. The third-order valence-corrected chi connectivity index (χ3v) is 3.10. The van der Waals surface area contributed by atoms with Crippen molar-refractivity contribution in [2.45, 2.75) is 6.54 Å². The molecule has 0 aliphatic rings. The summed E-state index contributed by atoms with van der Waals surface area (Å²) in [5.74, 6) is -0.338. The van der Waals surface area contributed by atoms with Gasteiger partial charge in [-0.2, -0.15) is 0 Å². The van der Waals surface area contributed by atoms with Gasteiger partial charge in [-0.15, -0.1) is 5.10 Å². The van der Waals surface area contributed by atoms with E-state index in [2.05, 4.69) is 10.3 Å². The molecule has 0 amide bonds. The first-order valence-electron chi connectivity index (χ1n) is 6.23. The summed E-state index contributed by atoms with van der Waals surface area (Å²) in [5.41, 5.74) is 3.34. The van der Waals surface area contributed by atoms with E-state index in [9.17, 15) is 4.79 Å². The van der Waals surface area contributed by atoms with Crippen molar-refractivity contribution >= 4 is 17.0 Å². The number of aromatic nitrogens is 3. The van der Waals surface area contributed by atoms with Gasteiger partial charge in [-0.1, -0.05) is 29.5 Å². The van der Waals surface area contributed by atoms with Crippen molar-refractivity contribution in [1.82, 2.24) is 15.0 Å². The standard InChI is InChI=1S/C15H13N3O2/c1-20-15(19)12-6-4-5-11(9-12)10-18-14-8-3-2-7-13(14)16-17-18/h2-9H,10H2,1H3. The Bertz CT molecular complexity index is 764. The largest absolute Gasteiger partial charge is 0.465 e. The van der Waals surface area contributed by atoms with Crippen LogP contribution in [-0.4, -0.2) is 28.1 Å². The van der Waals surface area contributed by atoms with Crippen LogP contribution in [0.15, 0.2) is 48.5 Å². The van der Waals surface area contributed by atoms with Crippen molar-refractivity contribution in [2.75, 3.05) is 7.11 Å². The molecule has 0 spiro atoms. The van der Waals surface area contributed by atoms with Crippen molar-refractivity contribution in [3.8, 4) is 0 Å². The molecule has 0 bridgehead atoms. The van der Waals surface area contributed by atoms with Crippen LogP contribution in [0.2, 0.25) is 0 Å². The topological polar surface area (TPSA) is 57.0 Å². The average molecular weight is 267 g/mol. The van der Waals surface area contributed by atoms with Crippen molar-refractivity contribution in [3.63, 3.8) is 0 Å². The number of para-hydroxylation sites is 1. The molecule has 20 heavy (non-hydrogen) atoms. The maximum Gasteiger partial charge on any atom is 0.337 e. The zero-order valence-corrected chi connectivity index (χ0v) is 11.0. The highest BCUT2D eigenvalue weighted by atomic mass is 16.5. The summed E-state index contributed by atoms with van der Waals surface area (Å²) in [5, 5.41) is 8.25. The Hall–Kier alpha value is -2.69. The van der Waals surface area contributed by atoms with Crippen molar-refractivity contribution in [1.29, 1.82) is 0 Å². The number of hydrogen-bond donors (Lipinski definition) is 0. The summed E-state index contributed by atoms with van der Waals surface area (Å²) in [6, 6.07) is 15.1. The Morgan fingerprint density at radius 3 is 2.90 bits per heavy atom. The van der Waals surface area contributed by atoms with E-state index in [1.165, 1.54) is 7.11 Å². The number of rotatable bonds is 3. The number of methoxy groups -OCH3 is 1. The second-order valence-electron chi connectivity index (χ2n) is 4.43. The van der Waals surface area contributed by atoms with Gasteiger partial charge in [0, 0.05) is 0 Å². The van der Waals surface area contributed by atoms with Gasteiger partial charge in [0.25, 0.3) is 0 Å².